The van der Waals surface area contributed by atoms with Gasteiger partial charge in [-0.05, 0) is 36.4 Å². The Morgan fingerprint density at radius 2 is 1.38 bits per heavy atom. The molecule has 1 saturated heterocycles. The highest BCUT2D eigenvalue weighted by atomic mass is 19.1. The van der Waals surface area contributed by atoms with Crippen molar-refractivity contribution in [3.8, 4) is 0 Å². The summed E-state index contributed by atoms with van der Waals surface area (Å²) in [5, 5.41) is 35.6. The lowest BCUT2D eigenvalue weighted by Crippen LogP contribution is -2.55. The molecule has 2 amide bonds. The summed E-state index contributed by atoms with van der Waals surface area (Å²) < 4.78 is 38.7. The van der Waals surface area contributed by atoms with Crippen molar-refractivity contribution in [2.75, 3.05) is 6.61 Å². The summed E-state index contributed by atoms with van der Waals surface area (Å²) in [5.41, 5.74) is 1.89. The Balaban J connectivity index is 1.70. The zero-order valence-corrected chi connectivity index (χ0v) is 18.8. The minimum Gasteiger partial charge on any atom is -0.394 e. The van der Waals surface area contributed by atoms with Gasteiger partial charge in [-0.2, -0.15) is 0 Å². The molecule has 8 rings (SSSR count). The van der Waals surface area contributed by atoms with Gasteiger partial charge in [0.2, 0.25) is 0 Å². The van der Waals surface area contributed by atoms with Crippen molar-refractivity contribution in [2.45, 2.75) is 30.6 Å². The summed E-state index contributed by atoms with van der Waals surface area (Å²) in [4.78, 5) is 26.2. The Kier molecular flexibility index (Phi) is 3.84. The largest absolute Gasteiger partial charge is 0.394 e. The highest BCUT2D eigenvalue weighted by molar-refractivity contribution is 6.39. The maximum Gasteiger partial charge on any atom is 0.259 e. The van der Waals surface area contributed by atoms with Crippen LogP contribution in [0.3, 0.4) is 0 Å². The number of imide groups is 1. The number of nitrogens with zero attached hydrogens (tertiary/aromatic N) is 2. The number of aromatic nitrogens is 2. The second-order valence-electron chi connectivity index (χ2n) is 9.76. The molecule has 186 valence electrons. The molecule has 5 heterocycles. The molecule has 0 unspecified atom stereocenters. The molecule has 11 heteroatoms. The fourth-order valence-corrected chi connectivity index (χ4v) is 6.63. The maximum atomic E-state index is 14.5. The van der Waals surface area contributed by atoms with Gasteiger partial charge in [-0.25, -0.2) is 8.78 Å². The average molecular weight is 505 g/mol. The first-order valence-corrected chi connectivity index (χ1v) is 11.7. The lowest BCUT2D eigenvalue weighted by Gasteiger charge is -2.46. The standard InChI is InChI=1S/C26H17F2N3O6/c27-8-1-3-12-10(5-8)15-17-18(25(36)29-24(17)35)16-11-6-9(28)2-4-13(11)31-20(16)19(15)30(12)21-23(34)22(33)14(7-32)37-26(21)31/h1-6,14,21-23,26,32-34H,7H2,(H,29,35,36)/t14-,21+,22+,23-,26-/m1/s1. The van der Waals surface area contributed by atoms with Crippen LogP contribution in [0.15, 0.2) is 36.4 Å². The molecule has 0 aliphatic carbocycles. The molecule has 1 fully saturated rings. The van der Waals surface area contributed by atoms with Crippen molar-refractivity contribution in [1.29, 1.82) is 0 Å². The third-order valence-corrected chi connectivity index (χ3v) is 8.01. The smallest absolute Gasteiger partial charge is 0.259 e. The molecular weight excluding hydrogens is 488 g/mol. The molecule has 0 saturated carbocycles. The Bertz CT molecular complexity index is 1910. The number of aliphatic hydroxyl groups excluding tert-OH is 3. The van der Waals surface area contributed by atoms with Crippen LogP contribution in [0.5, 0.6) is 0 Å². The van der Waals surface area contributed by atoms with E-state index in [0.29, 0.717) is 43.6 Å². The van der Waals surface area contributed by atoms with Crippen LogP contribution >= 0.6 is 0 Å². The molecule has 3 aliphatic rings. The predicted octanol–water partition coefficient (Wildman–Crippen LogP) is 2.23. The first-order valence-electron chi connectivity index (χ1n) is 11.7. The van der Waals surface area contributed by atoms with Crippen LogP contribution in [0.2, 0.25) is 0 Å². The van der Waals surface area contributed by atoms with Gasteiger partial charge in [-0.15, -0.1) is 0 Å². The number of hydrogen-bond donors (Lipinski definition) is 4. The number of hydrogen-bond acceptors (Lipinski definition) is 6. The van der Waals surface area contributed by atoms with Gasteiger partial charge in [0.1, 0.15) is 36.0 Å². The summed E-state index contributed by atoms with van der Waals surface area (Å²) in [6, 6.07) is 7.07. The second-order valence-corrected chi connectivity index (χ2v) is 9.76. The number of benzene rings is 3. The number of aliphatic hydroxyl groups is 3. The van der Waals surface area contributed by atoms with Crippen molar-refractivity contribution in [2.24, 2.45) is 0 Å². The van der Waals surface area contributed by atoms with Gasteiger partial charge in [0.25, 0.3) is 11.8 Å². The molecular formula is C26H17F2N3O6. The van der Waals surface area contributed by atoms with Gasteiger partial charge in [-0.1, -0.05) is 0 Å². The van der Waals surface area contributed by atoms with Crippen LogP contribution in [-0.4, -0.2) is 61.2 Å². The zero-order valence-electron chi connectivity index (χ0n) is 18.8. The van der Waals surface area contributed by atoms with Crippen LogP contribution in [0.4, 0.5) is 8.78 Å². The number of rotatable bonds is 1. The van der Waals surface area contributed by atoms with Crippen LogP contribution in [0, 0.1) is 11.6 Å². The van der Waals surface area contributed by atoms with E-state index in [1.807, 2.05) is 0 Å². The number of nitrogens with one attached hydrogen (secondary N) is 1. The number of carbonyl (C=O) groups excluding carboxylic acids is 2. The number of halogens is 2. The monoisotopic (exact) mass is 505 g/mol. The van der Waals surface area contributed by atoms with Crippen molar-refractivity contribution in [3.63, 3.8) is 0 Å². The van der Waals surface area contributed by atoms with Crippen molar-refractivity contribution >= 4 is 55.4 Å². The number of amides is 2. The van der Waals surface area contributed by atoms with Crippen LogP contribution in [-0.2, 0) is 4.74 Å². The van der Waals surface area contributed by atoms with Crippen molar-refractivity contribution < 1.29 is 38.4 Å². The third kappa shape index (κ3) is 2.31. The summed E-state index contributed by atoms with van der Waals surface area (Å²) in [6.07, 6.45) is -4.99. The van der Waals surface area contributed by atoms with E-state index >= 15 is 0 Å². The molecule has 4 N–H and O–H groups in total. The van der Waals surface area contributed by atoms with Gasteiger partial charge in [0.15, 0.2) is 6.23 Å². The first kappa shape index (κ1) is 21.2. The second kappa shape index (κ2) is 6.69. The summed E-state index contributed by atoms with van der Waals surface area (Å²) in [5.74, 6) is -2.44. The SMILES string of the molecule is O=C1NC(=O)c2c1c1c3cc(F)ccc3n3c1c1c2c2cc(F)ccc2n1[C@@H]1O[C@H](CO)[C@H](O)[C@H](O)[C@@H]13. The number of carbonyl (C=O) groups is 2. The molecule has 0 spiro atoms. The highest BCUT2D eigenvalue weighted by Crippen LogP contribution is 2.53. The van der Waals surface area contributed by atoms with Crippen LogP contribution in [0.25, 0.3) is 43.6 Å². The molecule has 9 nitrogen and oxygen atoms in total. The van der Waals surface area contributed by atoms with Gasteiger partial charge < -0.3 is 29.2 Å². The van der Waals surface area contributed by atoms with E-state index < -0.39 is 60.6 Å². The zero-order chi connectivity index (χ0) is 25.5. The summed E-state index contributed by atoms with van der Waals surface area (Å²) in [7, 11) is 0. The molecule has 0 bridgehead atoms. The predicted molar refractivity (Wildman–Crippen MR) is 126 cm³/mol. The molecule has 5 atom stereocenters. The van der Waals surface area contributed by atoms with Gasteiger partial charge >= 0.3 is 0 Å². The molecule has 3 aliphatic heterocycles. The van der Waals surface area contributed by atoms with Gasteiger partial charge in [0.05, 0.1) is 34.3 Å². The van der Waals surface area contributed by atoms with Crippen molar-refractivity contribution in [3.05, 3.63) is 59.2 Å². The lowest BCUT2D eigenvalue weighted by molar-refractivity contribution is -0.223. The van der Waals surface area contributed by atoms with Crippen LogP contribution < -0.4 is 5.32 Å². The van der Waals surface area contributed by atoms with E-state index in [9.17, 15) is 33.7 Å². The topological polar surface area (TPSA) is 126 Å². The Morgan fingerprint density at radius 3 is 1.95 bits per heavy atom. The number of ether oxygens (including phenoxy) is 1. The summed E-state index contributed by atoms with van der Waals surface area (Å²) >= 11 is 0. The van der Waals surface area contributed by atoms with E-state index in [0.717, 1.165) is 0 Å². The van der Waals surface area contributed by atoms with Gasteiger partial charge in [-0.3, -0.25) is 14.9 Å². The summed E-state index contributed by atoms with van der Waals surface area (Å²) in [6.45, 7) is -0.570. The normalized spacial score (nSPS) is 26.6. The fourth-order valence-electron chi connectivity index (χ4n) is 6.63. The molecule has 0 radical (unpaired) electrons. The van der Waals surface area contributed by atoms with E-state index in [4.69, 9.17) is 4.74 Å². The Labute approximate surface area is 205 Å². The Morgan fingerprint density at radius 1 is 0.838 bits per heavy atom. The quantitative estimate of drug-likeness (QED) is 0.259. The molecule has 37 heavy (non-hydrogen) atoms. The molecule has 3 aromatic carbocycles. The highest BCUT2D eigenvalue weighted by Gasteiger charge is 2.51. The Hall–Kier alpha value is -3.90. The lowest BCUT2D eigenvalue weighted by atomic mass is 9.93. The van der Waals surface area contributed by atoms with E-state index in [2.05, 4.69) is 5.32 Å². The molecule has 5 aromatic rings. The fraction of sp³-hybridized carbons (Fsp3) is 0.231. The molecule has 2 aromatic heterocycles. The maximum absolute atomic E-state index is 14.5. The first-order chi connectivity index (χ1) is 17.8. The van der Waals surface area contributed by atoms with E-state index in [-0.39, 0.29) is 11.1 Å². The van der Waals surface area contributed by atoms with E-state index in [1.54, 1.807) is 9.13 Å². The van der Waals surface area contributed by atoms with Gasteiger partial charge in [0, 0.05) is 27.1 Å². The average Bonchev–Trinajstić information content (AvgIpc) is 3.47. The number of fused-ring (bicyclic) bond motifs is 12. The van der Waals surface area contributed by atoms with Crippen molar-refractivity contribution in [1.82, 2.24) is 14.5 Å². The minimum absolute atomic E-state index is 0.0450. The third-order valence-electron chi connectivity index (χ3n) is 8.01. The van der Waals surface area contributed by atoms with Crippen LogP contribution in [0.1, 0.15) is 33.0 Å². The van der Waals surface area contributed by atoms with E-state index in [1.165, 1.54) is 36.4 Å². The minimum atomic E-state index is -1.45.